The number of halogens is 4. The predicted molar refractivity (Wildman–Crippen MR) is 78.1 cm³/mol. The van der Waals surface area contributed by atoms with E-state index in [0.29, 0.717) is 6.42 Å². The minimum Gasteiger partial charge on any atom is -0.203 e. The van der Waals surface area contributed by atoms with Crippen LogP contribution in [0.25, 0.3) is 5.57 Å². The van der Waals surface area contributed by atoms with Gasteiger partial charge in [0.2, 0.25) is 0 Å². The molecule has 1 aliphatic rings. The lowest BCUT2D eigenvalue weighted by Gasteiger charge is -2.15. The highest BCUT2D eigenvalue weighted by Crippen LogP contribution is 2.34. The fourth-order valence-electron chi connectivity index (χ4n) is 2.21. The molecule has 116 valence electrons. The molecule has 0 fully saturated rings. The molecule has 0 spiro atoms. The van der Waals surface area contributed by atoms with Crippen LogP contribution < -0.4 is 0 Å². The first-order valence-electron chi connectivity index (χ1n) is 7.18. The maximum absolute atomic E-state index is 14.0. The minimum absolute atomic E-state index is 0.189. The molecule has 0 aromatic heterocycles. The van der Waals surface area contributed by atoms with Gasteiger partial charge in [-0.05, 0) is 24.3 Å². The van der Waals surface area contributed by atoms with E-state index in [9.17, 15) is 17.6 Å². The molecular formula is C17H20F4. The van der Waals surface area contributed by atoms with Crippen molar-refractivity contribution in [2.24, 2.45) is 0 Å². The molecule has 0 amide bonds. The molecule has 4 heteroatoms. The molecule has 0 nitrogen and oxygen atoms in total. The van der Waals surface area contributed by atoms with Gasteiger partial charge >= 0.3 is 0 Å². The number of hydrogen-bond donors (Lipinski definition) is 0. The summed E-state index contributed by atoms with van der Waals surface area (Å²) in [7, 11) is 0. The minimum atomic E-state index is -1.32. The summed E-state index contributed by atoms with van der Waals surface area (Å²) >= 11 is 0. The summed E-state index contributed by atoms with van der Waals surface area (Å²) in [6.45, 7) is 6.97. The van der Waals surface area contributed by atoms with Gasteiger partial charge in [0, 0.05) is 5.56 Å². The zero-order valence-electron chi connectivity index (χ0n) is 12.7. The van der Waals surface area contributed by atoms with Crippen LogP contribution >= 0.6 is 0 Å². The molecule has 2 rings (SSSR count). The van der Waals surface area contributed by atoms with Crippen LogP contribution in [0, 0.1) is 23.3 Å². The molecule has 0 saturated carbocycles. The van der Waals surface area contributed by atoms with Gasteiger partial charge in [0.05, 0.1) is 5.56 Å². The van der Waals surface area contributed by atoms with Crippen molar-refractivity contribution in [1.29, 1.82) is 0 Å². The van der Waals surface area contributed by atoms with Crippen molar-refractivity contribution in [3.05, 3.63) is 52.6 Å². The molecule has 0 radical (unpaired) electrons. The van der Waals surface area contributed by atoms with Gasteiger partial charge in [-0.3, -0.25) is 0 Å². The first kappa shape index (κ1) is 17.5. The Morgan fingerprint density at radius 1 is 0.857 bits per heavy atom. The van der Waals surface area contributed by atoms with Crippen LogP contribution in [0.1, 0.15) is 57.6 Å². The van der Waals surface area contributed by atoms with E-state index in [4.69, 9.17) is 0 Å². The molecule has 1 aromatic carbocycles. The number of benzene rings is 1. The largest absolute Gasteiger partial charge is 0.203 e. The molecule has 1 aromatic rings. The molecule has 0 saturated heterocycles. The van der Waals surface area contributed by atoms with Crippen molar-refractivity contribution in [2.45, 2.75) is 46.5 Å². The number of allylic oxidation sites excluding steroid dienone is 4. The zero-order chi connectivity index (χ0) is 16.2. The molecule has 1 aliphatic carbocycles. The first-order valence-corrected chi connectivity index (χ1v) is 7.18. The Morgan fingerprint density at radius 3 is 1.76 bits per heavy atom. The summed E-state index contributed by atoms with van der Waals surface area (Å²) in [5.74, 6) is -5.87. The summed E-state index contributed by atoms with van der Waals surface area (Å²) in [4.78, 5) is 0. The van der Waals surface area contributed by atoms with Gasteiger partial charge in [-0.15, -0.1) is 0 Å². The molecule has 21 heavy (non-hydrogen) atoms. The molecular weight excluding hydrogens is 280 g/mol. The van der Waals surface area contributed by atoms with Crippen molar-refractivity contribution < 1.29 is 17.6 Å². The maximum Gasteiger partial charge on any atom is 0.170 e. The molecule has 0 heterocycles. The van der Waals surface area contributed by atoms with Crippen molar-refractivity contribution in [3.8, 4) is 0 Å². The third kappa shape index (κ3) is 3.36. The van der Waals surface area contributed by atoms with Gasteiger partial charge in [0.15, 0.2) is 23.3 Å². The van der Waals surface area contributed by atoms with Gasteiger partial charge in [0.1, 0.15) is 0 Å². The van der Waals surface area contributed by atoms with E-state index < -0.39 is 40.3 Å². The van der Waals surface area contributed by atoms with E-state index in [1.807, 2.05) is 13.8 Å². The summed E-state index contributed by atoms with van der Waals surface area (Å²) in [6.07, 6.45) is 6.14. The predicted octanol–water partition coefficient (Wildman–Crippen LogP) is 6.13. The molecule has 0 atom stereocenters. The standard InChI is InChI=1S/C15H14F4.C2H6/c1-8(2)10-12(16)14(18)11(15(19)13(10)17)9-6-4-3-5-7-9;1-2/h4,6-8H,3,5H2,1-2H3;1-2H3. The molecule has 0 bridgehead atoms. The van der Waals surface area contributed by atoms with Gasteiger partial charge in [0.25, 0.3) is 0 Å². The van der Waals surface area contributed by atoms with E-state index >= 15 is 0 Å². The third-order valence-electron chi connectivity index (χ3n) is 3.16. The van der Waals surface area contributed by atoms with Gasteiger partial charge in [-0.1, -0.05) is 45.9 Å². The van der Waals surface area contributed by atoms with Gasteiger partial charge < -0.3 is 0 Å². The van der Waals surface area contributed by atoms with Crippen LogP contribution in [0.2, 0.25) is 0 Å². The van der Waals surface area contributed by atoms with E-state index in [1.54, 1.807) is 12.2 Å². The fourth-order valence-corrected chi connectivity index (χ4v) is 2.21. The Morgan fingerprint density at radius 2 is 1.38 bits per heavy atom. The van der Waals surface area contributed by atoms with Gasteiger partial charge in [-0.25, -0.2) is 17.6 Å². The third-order valence-corrected chi connectivity index (χ3v) is 3.16. The number of rotatable bonds is 2. The lowest BCUT2D eigenvalue weighted by molar-refractivity contribution is 0.429. The van der Waals surface area contributed by atoms with Crippen LogP contribution in [-0.2, 0) is 0 Å². The Hall–Kier alpha value is -1.58. The highest BCUT2D eigenvalue weighted by Gasteiger charge is 2.27. The second kappa shape index (κ2) is 7.43. The normalized spacial score (nSPS) is 13.9. The van der Waals surface area contributed by atoms with Crippen LogP contribution in [0.4, 0.5) is 17.6 Å². The SMILES string of the molecule is CC.CC(C)c1c(F)c(F)c(C2=CCCC=C2)c(F)c1F. The van der Waals surface area contributed by atoms with Crippen molar-refractivity contribution >= 4 is 5.57 Å². The molecule has 0 aliphatic heterocycles. The monoisotopic (exact) mass is 300 g/mol. The van der Waals surface area contributed by atoms with E-state index in [1.165, 1.54) is 19.9 Å². The van der Waals surface area contributed by atoms with Gasteiger partial charge in [-0.2, -0.15) is 0 Å². The Kier molecular flexibility index (Phi) is 6.19. The Labute approximate surface area is 123 Å². The Balaban J connectivity index is 0.00000106. The van der Waals surface area contributed by atoms with Crippen LogP contribution in [0.15, 0.2) is 18.2 Å². The smallest absolute Gasteiger partial charge is 0.170 e. The Bertz CT molecular complexity index is 540. The summed E-state index contributed by atoms with van der Waals surface area (Å²) in [6, 6.07) is 0. The molecule has 0 unspecified atom stereocenters. The summed E-state index contributed by atoms with van der Waals surface area (Å²) in [5.41, 5.74) is -0.969. The lowest BCUT2D eigenvalue weighted by Crippen LogP contribution is -2.09. The molecule has 0 N–H and O–H groups in total. The summed E-state index contributed by atoms with van der Waals surface area (Å²) in [5, 5.41) is 0. The van der Waals surface area contributed by atoms with Crippen molar-refractivity contribution in [2.75, 3.05) is 0 Å². The number of hydrogen-bond acceptors (Lipinski definition) is 0. The van der Waals surface area contributed by atoms with Crippen molar-refractivity contribution in [3.63, 3.8) is 0 Å². The quantitative estimate of drug-likeness (QED) is 0.455. The second-order valence-corrected chi connectivity index (χ2v) is 4.84. The van der Waals surface area contributed by atoms with E-state index in [-0.39, 0.29) is 5.57 Å². The summed E-state index contributed by atoms with van der Waals surface area (Å²) < 4.78 is 55.7. The first-order chi connectivity index (χ1) is 9.95. The highest BCUT2D eigenvalue weighted by atomic mass is 19.2. The maximum atomic E-state index is 14.0. The van der Waals surface area contributed by atoms with Crippen LogP contribution in [0.5, 0.6) is 0 Å². The second-order valence-electron chi connectivity index (χ2n) is 4.84. The van der Waals surface area contributed by atoms with E-state index in [0.717, 1.165) is 6.42 Å². The lowest BCUT2D eigenvalue weighted by atomic mass is 9.93. The van der Waals surface area contributed by atoms with Crippen LogP contribution in [-0.4, -0.2) is 0 Å². The van der Waals surface area contributed by atoms with Crippen molar-refractivity contribution in [1.82, 2.24) is 0 Å². The highest BCUT2D eigenvalue weighted by molar-refractivity contribution is 5.76. The van der Waals surface area contributed by atoms with Crippen LogP contribution in [0.3, 0.4) is 0 Å². The van der Waals surface area contributed by atoms with E-state index in [2.05, 4.69) is 0 Å². The topological polar surface area (TPSA) is 0 Å². The average Bonchev–Trinajstić information content (AvgIpc) is 2.48. The fraction of sp³-hybridized carbons (Fsp3) is 0.412. The average molecular weight is 300 g/mol. The zero-order valence-corrected chi connectivity index (χ0v) is 12.7.